The molecule has 0 heterocycles. The zero-order valence-corrected chi connectivity index (χ0v) is 6.32. The van der Waals surface area contributed by atoms with Gasteiger partial charge in [0.15, 0.2) is 0 Å². The lowest BCUT2D eigenvalue weighted by molar-refractivity contribution is -0.761. The first-order chi connectivity index (χ1) is 6.15. The fourth-order valence-corrected chi connectivity index (χ4v) is 0.856. The van der Waals surface area contributed by atoms with Gasteiger partial charge < -0.3 is 10.6 Å². The smallest absolute Gasteiger partial charge is 0.365 e. The van der Waals surface area contributed by atoms with E-state index in [2.05, 4.69) is 9.63 Å². The number of rotatable bonds is 2. The van der Waals surface area contributed by atoms with Crippen LogP contribution in [0.1, 0.15) is 0 Å². The third-order valence-corrected chi connectivity index (χ3v) is 1.38. The van der Waals surface area contributed by atoms with Gasteiger partial charge in [-0.15, -0.1) is 10.1 Å². The maximum absolute atomic E-state index is 9.95. The minimum absolute atomic E-state index is 0.292. The monoisotopic (exact) mass is 183 g/mol. The molecule has 0 aliphatic heterocycles. The zero-order valence-electron chi connectivity index (χ0n) is 6.32. The summed E-state index contributed by atoms with van der Waals surface area (Å²) in [7, 11) is 0. The molecule has 13 heavy (non-hydrogen) atoms. The maximum Gasteiger partial charge on any atom is 0.365 e. The van der Waals surface area contributed by atoms with Gasteiger partial charge in [0.05, 0.1) is 0 Å². The molecule has 1 N–H and O–H groups in total. The van der Waals surface area contributed by atoms with Gasteiger partial charge >= 0.3 is 5.71 Å². The van der Waals surface area contributed by atoms with E-state index in [0.29, 0.717) is 0 Å². The molecule has 68 valence electrons. The molecule has 0 radical (unpaired) electrons. The second-order valence-corrected chi connectivity index (χ2v) is 2.17. The molecule has 0 aromatic carbocycles. The highest BCUT2D eigenvalue weighted by atomic mass is 17.0. The Hall–Kier alpha value is -2.14. The van der Waals surface area contributed by atoms with Gasteiger partial charge in [-0.1, -0.05) is 6.08 Å². The van der Waals surface area contributed by atoms with Crippen molar-refractivity contribution in [3.05, 3.63) is 39.6 Å². The van der Waals surface area contributed by atoms with Crippen LogP contribution < -0.4 is 0 Å². The van der Waals surface area contributed by atoms with Crippen LogP contribution in [0, 0.1) is 10.1 Å². The molecule has 7 nitrogen and oxygen atoms in total. The molecule has 7 heteroatoms. The van der Waals surface area contributed by atoms with Crippen LogP contribution in [0.25, 0.3) is 5.53 Å². The molecule has 1 aliphatic rings. The van der Waals surface area contributed by atoms with Crippen LogP contribution in [0.4, 0.5) is 0 Å². The predicted octanol–water partition coefficient (Wildman–Crippen LogP) is 0.246. The Kier molecular flexibility index (Phi) is 2.41. The van der Waals surface area contributed by atoms with E-state index in [4.69, 9.17) is 10.6 Å². The lowest BCUT2D eigenvalue weighted by Crippen LogP contribution is -2.28. The van der Waals surface area contributed by atoms with E-state index in [-0.39, 0.29) is 11.5 Å². The van der Waals surface area contributed by atoms with E-state index in [9.17, 15) is 10.1 Å². The fourth-order valence-electron chi connectivity index (χ4n) is 0.856. The standard InChI is InChI=1S/C6H5N3O4/c7-8-6-4(10)2-1-3-5(6)13-9(11)12/h1-3,5,10H. The van der Waals surface area contributed by atoms with Crippen molar-refractivity contribution >= 4 is 5.71 Å². The van der Waals surface area contributed by atoms with Crippen molar-refractivity contribution < 1.29 is 19.8 Å². The normalized spacial score (nSPS) is 20.5. The summed E-state index contributed by atoms with van der Waals surface area (Å²) in [5.41, 5.74) is 8.10. The first-order valence-electron chi connectivity index (χ1n) is 3.26. The van der Waals surface area contributed by atoms with E-state index in [0.717, 1.165) is 0 Å². The molecule has 0 amide bonds. The third kappa shape index (κ3) is 1.91. The SMILES string of the molecule is [N-]=[N+]=C1C(O)=CC=CC1O[N+](=O)[O-]. The summed E-state index contributed by atoms with van der Waals surface area (Å²) in [5.74, 6) is -0.364. The summed E-state index contributed by atoms with van der Waals surface area (Å²) in [6.45, 7) is 0. The Labute approximate surface area is 72.3 Å². The zero-order chi connectivity index (χ0) is 9.84. The summed E-state index contributed by atoms with van der Waals surface area (Å²) in [4.78, 5) is 16.7. The highest BCUT2D eigenvalue weighted by Crippen LogP contribution is 2.09. The summed E-state index contributed by atoms with van der Waals surface area (Å²) >= 11 is 0. The molecule has 0 aromatic heterocycles. The van der Waals surface area contributed by atoms with Gasteiger partial charge in [0, 0.05) is 0 Å². The van der Waals surface area contributed by atoms with Gasteiger partial charge in [-0.25, -0.2) is 0 Å². The van der Waals surface area contributed by atoms with Gasteiger partial charge in [-0.3, -0.25) is 4.84 Å². The van der Waals surface area contributed by atoms with Crippen LogP contribution in [0.15, 0.2) is 24.0 Å². The van der Waals surface area contributed by atoms with Gasteiger partial charge in [-0.05, 0) is 12.2 Å². The number of aliphatic hydroxyl groups is 1. The van der Waals surface area contributed by atoms with Crippen molar-refractivity contribution in [1.82, 2.24) is 0 Å². The third-order valence-electron chi connectivity index (χ3n) is 1.38. The summed E-state index contributed by atoms with van der Waals surface area (Å²) in [5, 5.41) is 18.0. The van der Waals surface area contributed by atoms with Gasteiger partial charge in [-0.2, -0.15) is 4.79 Å². The van der Waals surface area contributed by atoms with Crippen molar-refractivity contribution in [2.75, 3.05) is 0 Å². The average Bonchev–Trinajstić information content (AvgIpc) is 2.03. The van der Waals surface area contributed by atoms with E-state index in [1.54, 1.807) is 0 Å². The fraction of sp³-hybridized carbons (Fsp3) is 0.167. The van der Waals surface area contributed by atoms with Crippen LogP contribution in [-0.4, -0.2) is 26.8 Å². The molecule has 1 atom stereocenters. The van der Waals surface area contributed by atoms with Crippen molar-refractivity contribution in [2.24, 2.45) is 0 Å². The molecule has 1 rings (SSSR count). The number of hydrogen-bond donors (Lipinski definition) is 1. The number of aliphatic hydroxyl groups excluding tert-OH is 1. The molecular formula is C6H5N3O4. The quantitative estimate of drug-likeness (QED) is 0.286. The first-order valence-corrected chi connectivity index (χ1v) is 3.26. The molecule has 0 spiro atoms. The maximum atomic E-state index is 9.95. The van der Waals surface area contributed by atoms with E-state index in [1.165, 1.54) is 18.2 Å². The van der Waals surface area contributed by atoms with Crippen molar-refractivity contribution in [2.45, 2.75) is 6.10 Å². The Balaban J connectivity index is 2.89. The lowest BCUT2D eigenvalue weighted by atomic mass is 10.1. The van der Waals surface area contributed by atoms with E-state index < -0.39 is 11.2 Å². The first kappa shape index (κ1) is 8.95. The second-order valence-electron chi connectivity index (χ2n) is 2.17. The minimum Gasteiger partial charge on any atom is -0.502 e. The van der Waals surface area contributed by atoms with Gasteiger partial charge in [0.2, 0.25) is 11.9 Å². The largest absolute Gasteiger partial charge is 0.502 e. The van der Waals surface area contributed by atoms with Gasteiger partial charge in [0.25, 0.3) is 5.09 Å². The highest BCUT2D eigenvalue weighted by molar-refractivity contribution is 5.99. The highest BCUT2D eigenvalue weighted by Gasteiger charge is 2.30. The molecule has 0 bridgehead atoms. The molecule has 1 aliphatic carbocycles. The van der Waals surface area contributed by atoms with Crippen molar-refractivity contribution in [1.29, 1.82) is 0 Å². The molecule has 0 saturated carbocycles. The number of allylic oxidation sites excluding steroid dienone is 2. The van der Waals surface area contributed by atoms with Crippen molar-refractivity contribution in [3.8, 4) is 0 Å². The summed E-state index contributed by atoms with van der Waals surface area (Å²) in [6, 6.07) is 0. The molecule has 1 unspecified atom stereocenters. The molecule has 0 saturated heterocycles. The lowest BCUT2D eigenvalue weighted by Gasteiger charge is -2.07. The van der Waals surface area contributed by atoms with E-state index >= 15 is 0 Å². The Morgan fingerprint density at radius 1 is 1.77 bits per heavy atom. The molecule has 0 aromatic rings. The van der Waals surface area contributed by atoms with Crippen LogP contribution in [0.3, 0.4) is 0 Å². The topological polar surface area (TPSA) is 109 Å². The van der Waals surface area contributed by atoms with Gasteiger partial charge in [0.1, 0.15) is 0 Å². The Morgan fingerprint density at radius 2 is 2.46 bits per heavy atom. The Morgan fingerprint density at radius 3 is 3.00 bits per heavy atom. The van der Waals surface area contributed by atoms with Crippen LogP contribution >= 0.6 is 0 Å². The molecular weight excluding hydrogens is 178 g/mol. The average molecular weight is 183 g/mol. The van der Waals surface area contributed by atoms with Crippen molar-refractivity contribution in [3.63, 3.8) is 0 Å². The molecule has 0 fully saturated rings. The van der Waals surface area contributed by atoms with Crippen LogP contribution in [-0.2, 0) is 4.84 Å². The summed E-state index contributed by atoms with van der Waals surface area (Å²) in [6.07, 6.45) is 2.70. The van der Waals surface area contributed by atoms with E-state index in [1.807, 2.05) is 0 Å². The Bertz CT molecular complexity index is 340. The minimum atomic E-state index is -1.16. The van der Waals surface area contributed by atoms with Crippen LogP contribution in [0.5, 0.6) is 0 Å². The number of nitrogens with zero attached hydrogens (tertiary/aromatic N) is 3. The number of hydrogen-bond acceptors (Lipinski definition) is 4. The predicted molar refractivity (Wildman–Crippen MR) is 40.3 cm³/mol. The van der Waals surface area contributed by atoms with Crippen LogP contribution in [0.2, 0.25) is 0 Å². The summed E-state index contributed by atoms with van der Waals surface area (Å²) < 4.78 is 0. The second kappa shape index (κ2) is 3.51.